The number of amides is 1. The largest absolute Gasteiger partial charge is 0.493 e. The molecule has 0 saturated carbocycles. The van der Waals surface area contributed by atoms with E-state index in [0.29, 0.717) is 22.6 Å². The highest BCUT2D eigenvalue weighted by molar-refractivity contribution is 5.95. The number of carbonyl (C=O) groups excluding carboxylic acids is 1. The maximum absolute atomic E-state index is 12.1. The van der Waals surface area contributed by atoms with Crippen molar-refractivity contribution < 1.29 is 19.2 Å². The molecule has 0 heterocycles. The van der Waals surface area contributed by atoms with Gasteiger partial charge in [0.2, 0.25) is 0 Å². The molecule has 0 radical (unpaired) electrons. The van der Waals surface area contributed by atoms with Crippen LogP contribution >= 0.6 is 0 Å². The number of ether oxygens (including phenoxy) is 2. The molecular weight excluding hydrogens is 326 g/mol. The number of hydrazone groups is 1. The van der Waals surface area contributed by atoms with Crippen molar-refractivity contribution in [1.29, 1.82) is 0 Å². The molecule has 0 bridgehead atoms. The molecular formula is C17H17N3O5. The van der Waals surface area contributed by atoms with Gasteiger partial charge in [0.05, 0.1) is 25.4 Å². The molecule has 2 aromatic rings. The minimum atomic E-state index is -0.494. The lowest BCUT2D eigenvalue weighted by molar-refractivity contribution is -0.385. The van der Waals surface area contributed by atoms with Crippen LogP contribution in [0.1, 0.15) is 21.5 Å². The van der Waals surface area contributed by atoms with E-state index in [4.69, 9.17) is 9.47 Å². The molecule has 130 valence electrons. The number of nitrogens with zero attached hydrogens (tertiary/aromatic N) is 2. The predicted molar refractivity (Wildman–Crippen MR) is 92.4 cm³/mol. The van der Waals surface area contributed by atoms with Crippen LogP contribution < -0.4 is 14.9 Å². The van der Waals surface area contributed by atoms with Crippen molar-refractivity contribution in [1.82, 2.24) is 5.43 Å². The van der Waals surface area contributed by atoms with Crippen LogP contribution in [-0.4, -0.2) is 31.3 Å². The van der Waals surface area contributed by atoms with Gasteiger partial charge in [-0.3, -0.25) is 14.9 Å². The summed E-state index contributed by atoms with van der Waals surface area (Å²) in [6.45, 7) is 1.57. The van der Waals surface area contributed by atoms with E-state index in [1.807, 2.05) is 0 Å². The number of rotatable bonds is 6. The van der Waals surface area contributed by atoms with Crippen molar-refractivity contribution >= 4 is 17.8 Å². The van der Waals surface area contributed by atoms with Crippen molar-refractivity contribution in [3.63, 3.8) is 0 Å². The monoisotopic (exact) mass is 343 g/mol. The SMILES string of the molecule is COc1ccc(/C=N/NC(=O)c2ccc([N+](=O)[O-])c(C)c2)cc1OC. The predicted octanol–water partition coefficient (Wildman–Crippen LogP) is 2.68. The molecule has 0 aliphatic heterocycles. The fraction of sp³-hybridized carbons (Fsp3) is 0.176. The average Bonchev–Trinajstić information content (AvgIpc) is 2.60. The van der Waals surface area contributed by atoms with E-state index in [2.05, 4.69) is 10.5 Å². The molecule has 0 fully saturated rings. The van der Waals surface area contributed by atoms with Crippen LogP contribution in [-0.2, 0) is 0 Å². The summed E-state index contributed by atoms with van der Waals surface area (Å²) in [7, 11) is 3.06. The average molecular weight is 343 g/mol. The third-order valence-electron chi connectivity index (χ3n) is 3.44. The van der Waals surface area contributed by atoms with E-state index >= 15 is 0 Å². The number of nitro groups is 1. The number of nitro benzene ring substituents is 1. The third kappa shape index (κ3) is 4.31. The topological polar surface area (TPSA) is 103 Å². The Bertz CT molecular complexity index is 833. The van der Waals surface area contributed by atoms with Gasteiger partial charge < -0.3 is 9.47 Å². The number of carbonyl (C=O) groups is 1. The Morgan fingerprint density at radius 2 is 1.88 bits per heavy atom. The second-order valence-electron chi connectivity index (χ2n) is 5.07. The lowest BCUT2D eigenvalue weighted by Crippen LogP contribution is -2.17. The zero-order valence-electron chi connectivity index (χ0n) is 14.0. The molecule has 0 saturated heterocycles. The van der Waals surface area contributed by atoms with Crippen LogP contribution in [0.5, 0.6) is 11.5 Å². The van der Waals surface area contributed by atoms with Gasteiger partial charge in [-0.2, -0.15) is 5.10 Å². The number of benzene rings is 2. The first-order chi connectivity index (χ1) is 12.0. The molecule has 8 heteroatoms. The first-order valence-electron chi connectivity index (χ1n) is 7.26. The number of nitrogens with one attached hydrogen (secondary N) is 1. The van der Waals surface area contributed by atoms with Gasteiger partial charge in [0.25, 0.3) is 11.6 Å². The van der Waals surface area contributed by atoms with Gasteiger partial charge in [-0.25, -0.2) is 5.43 Å². The first-order valence-corrected chi connectivity index (χ1v) is 7.26. The van der Waals surface area contributed by atoms with E-state index in [0.717, 1.165) is 0 Å². The number of hydrogen-bond donors (Lipinski definition) is 1. The maximum Gasteiger partial charge on any atom is 0.272 e. The molecule has 25 heavy (non-hydrogen) atoms. The quantitative estimate of drug-likeness (QED) is 0.493. The second kappa shape index (κ2) is 7.91. The lowest BCUT2D eigenvalue weighted by atomic mass is 10.1. The molecule has 2 rings (SSSR count). The van der Waals surface area contributed by atoms with Crippen molar-refractivity contribution in [3.05, 3.63) is 63.2 Å². The Hall–Kier alpha value is -3.42. The normalized spacial score (nSPS) is 10.5. The van der Waals surface area contributed by atoms with Gasteiger partial charge in [0.1, 0.15) is 0 Å². The van der Waals surface area contributed by atoms with Crippen LogP contribution in [0.25, 0.3) is 0 Å². The molecule has 0 aromatic heterocycles. The van der Waals surface area contributed by atoms with Crippen molar-refractivity contribution in [2.45, 2.75) is 6.92 Å². The molecule has 0 unspecified atom stereocenters. The van der Waals surface area contributed by atoms with Crippen molar-refractivity contribution in [3.8, 4) is 11.5 Å². The molecule has 0 spiro atoms. The molecule has 0 atom stereocenters. The highest BCUT2D eigenvalue weighted by atomic mass is 16.6. The fourth-order valence-electron chi connectivity index (χ4n) is 2.16. The zero-order valence-corrected chi connectivity index (χ0v) is 14.0. The number of aryl methyl sites for hydroxylation is 1. The maximum atomic E-state index is 12.1. The minimum absolute atomic E-state index is 0.0367. The van der Waals surface area contributed by atoms with E-state index in [1.54, 1.807) is 25.1 Å². The summed E-state index contributed by atoms with van der Waals surface area (Å²) in [4.78, 5) is 22.4. The van der Waals surface area contributed by atoms with E-state index in [1.165, 1.54) is 38.6 Å². The molecule has 1 amide bonds. The standard InChI is InChI=1S/C17H17N3O5/c1-11-8-13(5-6-14(11)20(22)23)17(21)19-18-10-12-4-7-15(24-2)16(9-12)25-3/h4-10H,1-3H3,(H,19,21)/b18-10+. The van der Waals surface area contributed by atoms with Gasteiger partial charge >= 0.3 is 0 Å². The summed E-state index contributed by atoms with van der Waals surface area (Å²) in [5.41, 5.74) is 3.74. The summed E-state index contributed by atoms with van der Waals surface area (Å²) in [5, 5.41) is 14.7. The lowest BCUT2D eigenvalue weighted by Gasteiger charge is -2.07. The summed E-state index contributed by atoms with van der Waals surface area (Å²) in [6.07, 6.45) is 1.46. The summed E-state index contributed by atoms with van der Waals surface area (Å²) in [6, 6.07) is 9.31. The van der Waals surface area contributed by atoms with Gasteiger partial charge in [0, 0.05) is 17.2 Å². The summed E-state index contributed by atoms with van der Waals surface area (Å²) >= 11 is 0. The first kappa shape index (κ1) is 17.9. The summed E-state index contributed by atoms with van der Waals surface area (Å²) < 4.78 is 10.3. The Kier molecular flexibility index (Phi) is 5.67. The van der Waals surface area contributed by atoms with E-state index < -0.39 is 10.8 Å². The van der Waals surface area contributed by atoms with Crippen LogP contribution in [0, 0.1) is 17.0 Å². The minimum Gasteiger partial charge on any atom is -0.493 e. The van der Waals surface area contributed by atoms with Crippen LogP contribution in [0.15, 0.2) is 41.5 Å². The highest BCUT2D eigenvalue weighted by Gasteiger charge is 2.13. The van der Waals surface area contributed by atoms with Crippen LogP contribution in [0.3, 0.4) is 0 Å². The molecule has 8 nitrogen and oxygen atoms in total. The fourth-order valence-corrected chi connectivity index (χ4v) is 2.16. The second-order valence-corrected chi connectivity index (χ2v) is 5.07. The number of methoxy groups -OCH3 is 2. The van der Waals surface area contributed by atoms with Crippen LogP contribution in [0.2, 0.25) is 0 Å². The Balaban J connectivity index is 2.08. The van der Waals surface area contributed by atoms with Gasteiger partial charge in [-0.1, -0.05) is 0 Å². The van der Waals surface area contributed by atoms with Gasteiger partial charge in [-0.15, -0.1) is 0 Å². The van der Waals surface area contributed by atoms with E-state index in [9.17, 15) is 14.9 Å². The zero-order chi connectivity index (χ0) is 18.4. The Morgan fingerprint density at radius 3 is 2.48 bits per heavy atom. The van der Waals surface area contributed by atoms with Gasteiger partial charge in [0.15, 0.2) is 11.5 Å². The molecule has 0 aliphatic rings. The van der Waals surface area contributed by atoms with Gasteiger partial charge in [-0.05, 0) is 42.8 Å². The molecule has 0 aliphatic carbocycles. The van der Waals surface area contributed by atoms with E-state index in [-0.39, 0.29) is 11.3 Å². The Morgan fingerprint density at radius 1 is 1.16 bits per heavy atom. The molecule has 1 N–H and O–H groups in total. The highest BCUT2D eigenvalue weighted by Crippen LogP contribution is 2.26. The smallest absolute Gasteiger partial charge is 0.272 e. The molecule has 2 aromatic carbocycles. The van der Waals surface area contributed by atoms with Crippen LogP contribution in [0.4, 0.5) is 5.69 Å². The van der Waals surface area contributed by atoms with Crippen molar-refractivity contribution in [2.24, 2.45) is 5.10 Å². The van der Waals surface area contributed by atoms with Crippen molar-refractivity contribution in [2.75, 3.05) is 14.2 Å². The third-order valence-corrected chi connectivity index (χ3v) is 3.44. The summed E-state index contributed by atoms with van der Waals surface area (Å²) in [5.74, 6) is 0.670. The Labute approximate surface area is 144 Å². The number of hydrogen-bond acceptors (Lipinski definition) is 6.